The van der Waals surface area contributed by atoms with Crippen molar-refractivity contribution in [3.8, 4) is 0 Å². The lowest BCUT2D eigenvalue weighted by molar-refractivity contribution is 0.0125. The highest BCUT2D eigenvalue weighted by molar-refractivity contribution is 5.69. The van der Waals surface area contributed by atoms with Crippen LogP contribution in [0.3, 0.4) is 0 Å². The average Bonchev–Trinajstić information content (AvgIpc) is 2.75. The molecule has 6 heteroatoms. The Hall–Kier alpha value is -1.50. The fraction of sp³-hybridized carbons (Fsp3) is 0.400. The van der Waals surface area contributed by atoms with Crippen LogP contribution in [0.5, 0.6) is 0 Å². The summed E-state index contributed by atoms with van der Waals surface area (Å²) >= 11 is 0. The second-order valence-corrected chi connectivity index (χ2v) is 3.60. The maximum absolute atomic E-state index is 9.80. The number of nitrogens with zero attached hydrogens (tertiary/aromatic N) is 2. The highest BCUT2D eigenvalue weighted by Gasteiger charge is 2.19. The summed E-state index contributed by atoms with van der Waals surface area (Å²) in [4.78, 5) is 11.2. The third kappa shape index (κ3) is 2.04. The molecule has 2 rings (SSSR count). The van der Waals surface area contributed by atoms with Crippen molar-refractivity contribution in [1.82, 2.24) is 15.0 Å². The quantitative estimate of drug-likeness (QED) is 0.568. The first kappa shape index (κ1) is 11.0. The number of rotatable bonds is 4. The van der Waals surface area contributed by atoms with Gasteiger partial charge in [-0.3, -0.25) is 0 Å². The number of nitrogens with one attached hydrogen (secondary N) is 1. The molecule has 0 saturated heterocycles. The van der Waals surface area contributed by atoms with Crippen LogP contribution >= 0.6 is 0 Å². The molecule has 5 N–H and O–H groups in total. The first-order valence-electron chi connectivity index (χ1n) is 5.08. The van der Waals surface area contributed by atoms with E-state index in [1.54, 1.807) is 12.3 Å². The van der Waals surface area contributed by atoms with E-state index in [1.807, 2.05) is 0 Å². The van der Waals surface area contributed by atoms with Crippen molar-refractivity contribution < 1.29 is 10.2 Å². The Morgan fingerprint density at radius 3 is 3.00 bits per heavy atom. The summed E-state index contributed by atoms with van der Waals surface area (Å²) in [6.45, 7) is 0.318. The van der Waals surface area contributed by atoms with Gasteiger partial charge in [0.15, 0.2) is 5.65 Å². The summed E-state index contributed by atoms with van der Waals surface area (Å²) < 4.78 is 0. The van der Waals surface area contributed by atoms with Gasteiger partial charge in [-0.15, -0.1) is 0 Å². The van der Waals surface area contributed by atoms with Crippen LogP contribution in [-0.4, -0.2) is 37.8 Å². The number of aromatic amines is 1. The lowest BCUT2D eigenvalue weighted by atomic mass is 10.1. The Bertz CT molecular complexity index is 471. The van der Waals surface area contributed by atoms with Gasteiger partial charge in [0.1, 0.15) is 11.6 Å². The van der Waals surface area contributed by atoms with Gasteiger partial charge < -0.3 is 20.9 Å². The third-order valence-electron chi connectivity index (χ3n) is 2.41. The fourth-order valence-electron chi connectivity index (χ4n) is 1.51. The van der Waals surface area contributed by atoms with Gasteiger partial charge in [-0.1, -0.05) is 0 Å². The molecule has 16 heavy (non-hydrogen) atoms. The Labute approximate surface area is 92.1 Å². The molecule has 0 aromatic carbocycles. The number of aromatic nitrogens is 3. The molecular formula is C10H14N4O2. The predicted molar refractivity (Wildman–Crippen MR) is 58.5 cm³/mol. The normalized spacial score (nSPS) is 15.2. The molecule has 2 unspecified atom stereocenters. The Kier molecular flexibility index (Phi) is 3.14. The highest BCUT2D eigenvalue weighted by atomic mass is 16.3. The van der Waals surface area contributed by atoms with Crippen molar-refractivity contribution in [2.45, 2.75) is 18.6 Å². The molecule has 0 radical (unpaired) electrons. The number of nitrogens with two attached hydrogens (primary N) is 1. The highest BCUT2D eigenvalue weighted by Crippen LogP contribution is 2.17. The zero-order valence-corrected chi connectivity index (χ0v) is 8.67. The van der Waals surface area contributed by atoms with Crippen LogP contribution in [0.2, 0.25) is 0 Å². The molecule has 0 fully saturated rings. The molecule has 2 aromatic rings. The minimum absolute atomic E-state index is 0.318. The van der Waals surface area contributed by atoms with Crippen molar-refractivity contribution in [3.63, 3.8) is 0 Å². The minimum Gasteiger partial charge on any atom is -0.390 e. The zero-order chi connectivity index (χ0) is 11.5. The first-order chi connectivity index (χ1) is 7.72. The molecule has 2 atom stereocenters. The van der Waals surface area contributed by atoms with E-state index in [-0.39, 0.29) is 0 Å². The van der Waals surface area contributed by atoms with Crippen molar-refractivity contribution >= 4 is 11.2 Å². The maximum Gasteiger partial charge on any atom is 0.156 e. The Morgan fingerprint density at radius 2 is 2.25 bits per heavy atom. The summed E-state index contributed by atoms with van der Waals surface area (Å²) in [6, 6.07) is 1.76. The van der Waals surface area contributed by atoms with Crippen LogP contribution in [0.4, 0.5) is 0 Å². The lowest BCUT2D eigenvalue weighted by Gasteiger charge is -2.15. The van der Waals surface area contributed by atoms with E-state index in [0.29, 0.717) is 29.8 Å². The van der Waals surface area contributed by atoms with E-state index in [2.05, 4.69) is 15.0 Å². The molecule has 2 aromatic heterocycles. The van der Waals surface area contributed by atoms with Crippen LogP contribution in [-0.2, 0) is 0 Å². The van der Waals surface area contributed by atoms with Crippen LogP contribution in [0.1, 0.15) is 18.2 Å². The molecule has 0 spiro atoms. The largest absolute Gasteiger partial charge is 0.390 e. The van der Waals surface area contributed by atoms with E-state index in [0.717, 1.165) is 0 Å². The molecule has 86 valence electrons. The van der Waals surface area contributed by atoms with E-state index < -0.39 is 12.2 Å². The Morgan fingerprint density at radius 1 is 1.44 bits per heavy atom. The minimum atomic E-state index is -1.05. The van der Waals surface area contributed by atoms with Gasteiger partial charge in [0.25, 0.3) is 0 Å². The van der Waals surface area contributed by atoms with Gasteiger partial charge in [0.05, 0.1) is 18.0 Å². The molecule has 0 saturated carbocycles. The van der Waals surface area contributed by atoms with E-state index in [9.17, 15) is 10.2 Å². The topological polar surface area (TPSA) is 108 Å². The molecular weight excluding hydrogens is 208 g/mol. The fourth-order valence-corrected chi connectivity index (χ4v) is 1.51. The van der Waals surface area contributed by atoms with Gasteiger partial charge in [-0.2, -0.15) is 0 Å². The molecule has 2 heterocycles. The van der Waals surface area contributed by atoms with Gasteiger partial charge in [-0.25, -0.2) is 9.97 Å². The summed E-state index contributed by atoms with van der Waals surface area (Å²) in [6.07, 6.45) is 1.54. The summed E-state index contributed by atoms with van der Waals surface area (Å²) in [5.74, 6) is 0. The van der Waals surface area contributed by atoms with Gasteiger partial charge in [-0.05, 0) is 19.0 Å². The van der Waals surface area contributed by atoms with Gasteiger partial charge in [0, 0.05) is 6.20 Å². The summed E-state index contributed by atoms with van der Waals surface area (Å²) in [5, 5.41) is 19.4. The molecule has 0 aliphatic heterocycles. The number of hydrogen-bond acceptors (Lipinski definition) is 5. The molecule has 0 bridgehead atoms. The van der Waals surface area contributed by atoms with Crippen LogP contribution in [0.15, 0.2) is 18.5 Å². The van der Waals surface area contributed by atoms with Gasteiger partial charge in [0.2, 0.25) is 0 Å². The number of hydrogen-bond donors (Lipinski definition) is 4. The standard InChI is InChI=1S/C10H14N4O2/c11-3-1-8(15)9(16)7-5-13-10-6(14-7)2-4-12-10/h2,4-5,8-9,15-16H,1,3,11H2,(H,12,13). The second kappa shape index (κ2) is 4.56. The van der Waals surface area contributed by atoms with Crippen molar-refractivity contribution in [2.75, 3.05) is 6.54 Å². The van der Waals surface area contributed by atoms with Crippen molar-refractivity contribution in [1.29, 1.82) is 0 Å². The van der Waals surface area contributed by atoms with E-state index in [4.69, 9.17) is 5.73 Å². The number of aliphatic hydroxyl groups excluding tert-OH is 2. The molecule has 0 aliphatic carbocycles. The number of aliphatic hydroxyl groups is 2. The van der Waals surface area contributed by atoms with Gasteiger partial charge >= 0.3 is 0 Å². The molecule has 0 amide bonds. The van der Waals surface area contributed by atoms with Crippen molar-refractivity contribution in [2.24, 2.45) is 5.73 Å². The lowest BCUT2D eigenvalue weighted by Crippen LogP contribution is -2.22. The summed E-state index contributed by atoms with van der Waals surface area (Å²) in [5.41, 5.74) is 6.98. The number of fused-ring (bicyclic) bond motifs is 1. The molecule has 6 nitrogen and oxygen atoms in total. The SMILES string of the molecule is NCCC(O)C(O)c1cnc2[nH]ccc2n1. The van der Waals surface area contributed by atoms with Crippen molar-refractivity contribution in [3.05, 3.63) is 24.2 Å². The monoisotopic (exact) mass is 222 g/mol. The Balaban J connectivity index is 2.24. The number of H-pyrrole nitrogens is 1. The van der Waals surface area contributed by atoms with Crippen LogP contribution in [0, 0.1) is 0 Å². The maximum atomic E-state index is 9.80. The summed E-state index contributed by atoms with van der Waals surface area (Å²) in [7, 11) is 0. The van der Waals surface area contributed by atoms with E-state index in [1.165, 1.54) is 6.20 Å². The third-order valence-corrected chi connectivity index (χ3v) is 2.41. The smallest absolute Gasteiger partial charge is 0.156 e. The zero-order valence-electron chi connectivity index (χ0n) is 8.67. The molecule has 0 aliphatic rings. The predicted octanol–water partition coefficient (Wildman–Crippen LogP) is -0.299. The van der Waals surface area contributed by atoms with E-state index >= 15 is 0 Å². The second-order valence-electron chi connectivity index (χ2n) is 3.60. The average molecular weight is 222 g/mol. The van der Waals surface area contributed by atoms with Crippen LogP contribution in [0.25, 0.3) is 11.2 Å². The van der Waals surface area contributed by atoms with Crippen LogP contribution < -0.4 is 5.73 Å². The first-order valence-corrected chi connectivity index (χ1v) is 5.08.